The van der Waals surface area contributed by atoms with E-state index in [1.165, 1.54) is 28.9 Å². The lowest BCUT2D eigenvalue weighted by Gasteiger charge is -2.05. The van der Waals surface area contributed by atoms with Crippen LogP contribution < -0.4 is 0 Å². The monoisotopic (exact) mass is 280 g/mol. The normalized spacial score (nSPS) is 11.4. The van der Waals surface area contributed by atoms with Crippen LogP contribution in [0.15, 0.2) is 47.6 Å². The van der Waals surface area contributed by atoms with Crippen molar-refractivity contribution in [2.45, 2.75) is 11.4 Å². The molecule has 1 heterocycles. The average molecular weight is 280 g/mol. The number of aromatic nitrogens is 2. The van der Waals surface area contributed by atoms with Crippen LogP contribution in [0, 0.1) is 0 Å². The van der Waals surface area contributed by atoms with E-state index in [9.17, 15) is 13.2 Å². The minimum absolute atomic E-state index is 0.0135. The zero-order valence-corrected chi connectivity index (χ0v) is 10.7. The lowest BCUT2D eigenvalue weighted by molar-refractivity contribution is 0.0696. The summed E-state index contributed by atoms with van der Waals surface area (Å²) in [6, 6.07) is 7.04. The second-order valence-electron chi connectivity index (χ2n) is 3.92. The molecule has 1 aromatic heterocycles. The summed E-state index contributed by atoms with van der Waals surface area (Å²) in [7, 11) is -3.52. The Balaban J connectivity index is 2.19. The molecule has 0 radical (unpaired) electrons. The number of benzene rings is 1. The molecule has 0 fully saturated rings. The van der Waals surface area contributed by atoms with E-state index >= 15 is 0 Å². The van der Waals surface area contributed by atoms with Crippen molar-refractivity contribution >= 4 is 15.8 Å². The van der Waals surface area contributed by atoms with Crippen molar-refractivity contribution in [3.63, 3.8) is 0 Å². The van der Waals surface area contributed by atoms with Gasteiger partial charge in [-0.2, -0.15) is 5.10 Å². The molecule has 2 rings (SSSR count). The number of hydrogen-bond acceptors (Lipinski definition) is 4. The summed E-state index contributed by atoms with van der Waals surface area (Å²) in [5.41, 5.74) is -0.0415. The maximum absolute atomic E-state index is 12.1. The highest BCUT2D eigenvalue weighted by molar-refractivity contribution is 7.91. The van der Waals surface area contributed by atoms with Gasteiger partial charge in [0.05, 0.1) is 22.8 Å². The second kappa shape index (κ2) is 5.23. The molecule has 0 saturated carbocycles. The largest absolute Gasteiger partial charge is 0.478 e. The van der Waals surface area contributed by atoms with Gasteiger partial charge in [-0.15, -0.1) is 0 Å². The third-order valence-electron chi connectivity index (χ3n) is 2.59. The van der Waals surface area contributed by atoms with Gasteiger partial charge in [-0.3, -0.25) is 4.68 Å². The van der Waals surface area contributed by atoms with Crippen LogP contribution in [0.3, 0.4) is 0 Å². The Morgan fingerprint density at radius 1 is 1.32 bits per heavy atom. The quantitative estimate of drug-likeness (QED) is 0.884. The van der Waals surface area contributed by atoms with Crippen molar-refractivity contribution in [2.75, 3.05) is 5.75 Å². The van der Waals surface area contributed by atoms with Gasteiger partial charge in [0.2, 0.25) is 0 Å². The molecule has 0 spiro atoms. The molecule has 100 valence electrons. The van der Waals surface area contributed by atoms with Gasteiger partial charge in [0.15, 0.2) is 9.84 Å². The van der Waals surface area contributed by atoms with Gasteiger partial charge in [0.1, 0.15) is 0 Å². The van der Waals surface area contributed by atoms with Crippen molar-refractivity contribution in [3.05, 3.63) is 48.3 Å². The molecule has 0 atom stereocenters. The van der Waals surface area contributed by atoms with E-state index in [2.05, 4.69) is 5.10 Å². The van der Waals surface area contributed by atoms with Gasteiger partial charge in [-0.1, -0.05) is 6.07 Å². The zero-order chi connectivity index (χ0) is 13.9. The van der Waals surface area contributed by atoms with Crippen LogP contribution in [0.5, 0.6) is 0 Å². The third-order valence-corrected chi connectivity index (χ3v) is 4.28. The summed E-state index contributed by atoms with van der Waals surface area (Å²) < 4.78 is 25.6. The number of sulfone groups is 1. The van der Waals surface area contributed by atoms with Gasteiger partial charge < -0.3 is 5.11 Å². The fourth-order valence-electron chi connectivity index (χ4n) is 1.59. The van der Waals surface area contributed by atoms with Gasteiger partial charge in [-0.05, 0) is 24.3 Å². The molecule has 0 unspecified atom stereocenters. The molecule has 0 aliphatic rings. The molecule has 0 saturated heterocycles. The molecular formula is C12H12N2O4S. The molecular weight excluding hydrogens is 268 g/mol. The Kier molecular flexibility index (Phi) is 3.66. The number of aromatic carboxylic acids is 1. The molecule has 19 heavy (non-hydrogen) atoms. The van der Waals surface area contributed by atoms with Crippen molar-refractivity contribution in [2.24, 2.45) is 0 Å². The number of nitrogens with zero attached hydrogens (tertiary/aromatic N) is 2. The Hall–Kier alpha value is -2.15. The van der Waals surface area contributed by atoms with Crippen LogP contribution in [0.1, 0.15) is 10.4 Å². The van der Waals surface area contributed by atoms with Gasteiger partial charge in [-0.25, -0.2) is 13.2 Å². The molecule has 0 amide bonds. The highest BCUT2D eigenvalue weighted by atomic mass is 32.2. The van der Waals surface area contributed by atoms with Crippen LogP contribution in [0.2, 0.25) is 0 Å². The highest BCUT2D eigenvalue weighted by Crippen LogP contribution is 2.13. The first kappa shape index (κ1) is 13.3. The molecule has 0 aliphatic carbocycles. The van der Waals surface area contributed by atoms with E-state index in [1.807, 2.05) is 0 Å². The predicted molar refractivity (Wildman–Crippen MR) is 67.7 cm³/mol. The topological polar surface area (TPSA) is 89.3 Å². The molecule has 1 N–H and O–H groups in total. The van der Waals surface area contributed by atoms with E-state index in [0.717, 1.165) is 0 Å². The Bertz CT molecular complexity index is 678. The summed E-state index contributed by atoms with van der Waals surface area (Å²) >= 11 is 0. The summed E-state index contributed by atoms with van der Waals surface area (Å²) in [6.45, 7) is 0.229. The average Bonchev–Trinajstić information content (AvgIpc) is 2.90. The number of rotatable bonds is 5. The SMILES string of the molecule is O=C(O)c1cccc(S(=O)(=O)CCn2cccn2)c1. The fraction of sp³-hybridized carbons (Fsp3) is 0.167. The molecule has 1 aromatic carbocycles. The third kappa shape index (κ3) is 3.19. The lowest BCUT2D eigenvalue weighted by Crippen LogP contribution is -2.14. The zero-order valence-electron chi connectivity index (χ0n) is 9.93. The van der Waals surface area contributed by atoms with E-state index in [4.69, 9.17) is 5.11 Å². The fourth-order valence-corrected chi connectivity index (χ4v) is 2.84. The van der Waals surface area contributed by atoms with E-state index in [0.29, 0.717) is 0 Å². The van der Waals surface area contributed by atoms with E-state index in [-0.39, 0.29) is 22.8 Å². The first-order chi connectivity index (χ1) is 8.99. The van der Waals surface area contributed by atoms with Gasteiger partial charge >= 0.3 is 5.97 Å². The van der Waals surface area contributed by atoms with Crippen LogP contribution in [-0.2, 0) is 16.4 Å². The summed E-state index contributed by atoms with van der Waals surface area (Å²) in [5.74, 6) is -1.28. The molecule has 2 aromatic rings. The standard InChI is InChI=1S/C12H12N2O4S/c15-12(16)10-3-1-4-11(9-10)19(17,18)8-7-14-6-2-5-13-14/h1-6,9H,7-8H2,(H,15,16). The number of carboxylic acid groups (broad SMARTS) is 1. The van der Waals surface area contributed by atoms with Crippen LogP contribution >= 0.6 is 0 Å². The van der Waals surface area contributed by atoms with Crippen molar-refractivity contribution in [1.29, 1.82) is 0 Å². The first-order valence-corrected chi connectivity index (χ1v) is 7.18. The van der Waals surface area contributed by atoms with Gasteiger partial charge in [0.25, 0.3) is 0 Å². The van der Waals surface area contributed by atoms with E-state index < -0.39 is 15.8 Å². The van der Waals surface area contributed by atoms with Crippen LogP contribution in [0.25, 0.3) is 0 Å². The minimum Gasteiger partial charge on any atom is -0.478 e. The molecule has 7 heteroatoms. The Labute approximate surface area is 110 Å². The highest BCUT2D eigenvalue weighted by Gasteiger charge is 2.16. The predicted octanol–water partition coefficient (Wildman–Crippen LogP) is 1.06. The molecule has 6 nitrogen and oxygen atoms in total. The number of carbonyl (C=O) groups is 1. The number of hydrogen-bond donors (Lipinski definition) is 1. The maximum Gasteiger partial charge on any atom is 0.335 e. The van der Waals surface area contributed by atoms with Crippen molar-refractivity contribution < 1.29 is 18.3 Å². The van der Waals surface area contributed by atoms with Crippen LogP contribution in [0.4, 0.5) is 0 Å². The second-order valence-corrected chi connectivity index (χ2v) is 6.03. The van der Waals surface area contributed by atoms with Gasteiger partial charge in [0, 0.05) is 12.4 Å². The summed E-state index contributed by atoms with van der Waals surface area (Å²) in [6.07, 6.45) is 3.24. The van der Waals surface area contributed by atoms with Crippen molar-refractivity contribution in [3.8, 4) is 0 Å². The summed E-state index contributed by atoms with van der Waals surface area (Å²) in [4.78, 5) is 10.8. The first-order valence-electron chi connectivity index (χ1n) is 5.52. The smallest absolute Gasteiger partial charge is 0.335 e. The van der Waals surface area contributed by atoms with Crippen LogP contribution in [-0.4, -0.2) is 35.0 Å². The Morgan fingerprint density at radius 3 is 2.74 bits per heavy atom. The minimum atomic E-state index is -3.52. The molecule has 0 aliphatic heterocycles. The lowest BCUT2D eigenvalue weighted by atomic mass is 10.2. The van der Waals surface area contributed by atoms with Crippen molar-refractivity contribution in [1.82, 2.24) is 9.78 Å². The summed E-state index contributed by atoms with van der Waals surface area (Å²) in [5, 5.41) is 12.8. The number of carboxylic acids is 1. The number of aryl methyl sites for hydroxylation is 1. The van der Waals surface area contributed by atoms with E-state index in [1.54, 1.807) is 18.5 Å². The Morgan fingerprint density at radius 2 is 2.11 bits per heavy atom. The molecule has 0 bridgehead atoms. The maximum atomic E-state index is 12.1.